The Kier molecular flexibility index (Phi) is 11.7. The molecule has 10 heteroatoms. The van der Waals surface area contributed by atoms with E-state index in [-0.39, 0.29) is 37.7 Å². The molecule has 2 rings (SSSR count). The number of hydrogen-bond donors (Lipinski definition) is 1. The Bertz CT molecular complexity index is 1200. The Morgan fingerprint density at radius 1 is 1.05 bits per heavy atom. The highest BCUT2D eigenvalue weighted by Gasteiger charge is 2.29. The number of hydrogen-bond acceptors (Lipinski definition) is 4. The number of anilines is 1. The van der Waals surface area contributed by atoms with Gasteiger partial charge < -0.3 is 10.2 Å². The molecule has 37 heavy (non-hydrogen) atoms. The van der Waals surface area contributed by atoms with Crippen molar-refractivity contribution in [3.8, 4) is 0 Å². The van der Waals surface area contributed by atoms with E-state index >= 15 is 0 Å². The minimum atomic E-state index is -3.56. The molecule has 0 radical (unpaired) electrons. The zero-order chi connectivity index (χ0) is 27.8. The van der Waals surface area contributed by atoms with Gasteiger partial charge in [0.05, 0.1) is 11.9 Å². The smallest absolute Gasteiger partial charge is 0.242 e. The van der Waals surface area contributed by atoms with Gasteiger partial charge in [0.2, 0.25) is 21.8 Å². The lowest BCUT2D eigenvalue weighted by Crippen LogP contribution is -2.49. The summed E-state index contributed by atoms with van der Waals surface area (Å²) in [4.78, 5) is 28.0. The van der Waals surface area contributed by atoms with Crippen LogP contribution in [-0.2, 0) is 26.2 Å². The number of amides is 2. The van der Waals surface area contributed by atoms with E-state index in [1.165, 1.54) is 9.21 Å². The summed E-state index contributed by atoms with van der Waals surface area (Å²) >= 11 is 12.4. The van der Waals surface area contributed by atoms with Gasteiger partial charge in [-0.1, -0.05) is 55.2 Å². The van der Waals surface area contributed by atoms with E-state index in [0.717, 1.165) is 23.8 Å². The lowest BCUT2D eigenvalue weighted by atomic mass is 10.1. The molecular weight excluding hydrogens is 533 g/mol. The van der Waals surface area contributed by atoms with Crippen molar-refractivity contribution in [3.63, 3.8) is 0 Å². The summed E-state index contributed by atoms with van der Waals surface area (Å²) in [6, 6.07) is 10.00. The highest BCUT2D eigenvalue weighted by atomic mass is 35.5. The van der Waals surface area contributed by atoms with Crippen LogP contribution in [0.3, 0.4) is 0 Å². The van der Waals surface area contributed by atoms with Crippen LogP contribution in [-0.4, -0.2) is 50.5 Å². The zero-order valence-electron chi connectivity index (χ0n) is 22.2. The monoisotopic (exact) mass is 569 g/mol. The summed E-state index contributed by atoms with van der Waals surface area (Å²) < 4.78 is 26.6. The summed E-state index contributed by atoms with van der Waals surface area (Å²) in [5.74, 6) is -0.477. The average molecular weight is 571 g/mol. The lowest BCUT2D eigenvalue weighted by molar-refractivity contribution is -0.141. The van der Waals surface area contributed by atoms with Crippen molar-refractivity contribution in [2.24, 2.45) is 0 Å². The van der Waals surface area contributed by atoms with Crippen molar-refractivity contribution < 1.29 is 18.0 Å². The quantitative estimate of drug-likeness (QED) is 0.345. The normalized spacial score (nSPS) is 12.2. The summed E-state index contributed by atoms with van der Waals surface area (Å²) in [7, 11) is -3.56. The molecule has 7 nitrogen and oxygen atoms in total. The van der Waals surface area contributed by atoms with Crippen LogP contribution in [0.2, 0.25) is 10.0 Å². The van der Waals surface area contributed by atoms with Crippen LogP contribution in [0.1, 0.15) is 56.2 Å². The Hall–Kier alpha value is -2.29. The van der Waals surface area contributed by atoms with Gasteiger partial charge in [-0.2, -0.15) is 0 Å². The van der Waals surface area contributed by atoms with Crippen LogP contribution < -0.4 is 9.62 Å². The maximum absolute atomic E-state index is 13.5. The van der Waals surface area contributed by atoms with Gasteiger partial charge in [0, 0.05) is 36.1 Å². The molecular formula is C27H37Cl2N3O4S. The molecule has 1 atom stereocenters. The second-order valence-corrected chi connectivity index (χ2v) is 12.0. The van der Waals surface area contributed by atoms with Crippen molar-refractivity contribution in [3.05, 3.63) is 63.1 Å². The van der Waals surface area contributed by atoms with Gasteiger partial charge >= 0.3 is 0 Å². The van der Waals surface area contributed by atoms with E-state index < -0.39 is 16.1 Å². The maximum Gasteiger partial charge on any atom is 0.242 e. The van der Waals surface area contributed by atoms with Crippen molar-refractivity contribution in [1.29, 1.82) is 0 Å². The van der Waals surface area contributed by atoms with E-state index in [2.05, 4.69) is 5.32 Å². The molecule has 0 aliphatic carbocycles. The van der Waals surface area contributed by atoms with Crippen LogP contribution in [0.5, 0.6) is 0 Å². The number of sulfonamides is 1. The molecule has 2 aromatic rings. The van der Waals surface area contributed by atoms with Crippen molar-refractivity contribution in [2.75, 3.05) is 23.7 Å². The predicted octanol–water partition coefficient (Wildman–Crippen LogP) is 5.49. The van der Waals surface area contributed by atoms with Gasteiger partial charge in [0.1, 0.15) is 6.04 Å². The molecule has 0 saturated heterocycles. The molecule has 0 bridgehead atoms. The molecule has 1 unspecified atom stereocenters. The van der Waals surface area contributed by atoms with E-state index in [4.69, 9.17) is 23.2 Å². The number of rotatable bonds is 13. The predicted molar refractivity (Wildman–Crippen MR) is 152 cm³/mol. The molecule has 0 fully saturated rings. The van der Waals surface area contributed by atoms with Crippen molar-refractivity contribution in [2.45, 2.75) is 66.0 Å². The first-order valence-electron chi connectivity index (χ1n) is 12.4. The SMILES string of the molecule is CCCNC(=O)C(CC)N(Cc1ccc(Cl)cc1Cl)C(=O)CCCN(c1cc(C)ccc1C)S(C)(=O)=O. The Morgan fingerprint density at radius 3 is 2.35 bits per heavy atom. The summed E-state index contributed by atoms with van der Waals surface area (Å²) in [6.45, 7) is 8.37. The number of nitrogens with one attached hydrogen (secondary N) is 1. The van der Waals surface area contributed by atoms with E-state index in [0.29, 0.717) is 34.3 Å². The summed E-state index contributed by atoms with van der Waals surface area (Å²) in [5.41, 5.74) is 3.06. The molecule has 0 saturated carbocycles. The molecule has 0 aliphatic heterocycles. The number of carbonyl (C=O) groups is 2. The van der Waals surface area contributed by atoms with Crippen LogP contribution in [0.25, 0.3) is 0 Å². The maximum atomic E-state index is 13.5. The second-order valence-electron chi connectivity index (χ2n) is 9.20. The third kappa shape index (κ3) is 8.90. The topological polar surface area (TPSA) is 86.8 Å². The standard InChI is InChI=1S/C27H37Cl2N3O4S/c1-6-14-30-27(34)24(7-2)31(18-21-12-13-22(28)17-23(21)29)26(33)9-8-15-32(37(5,35)36)25-16-19(3)10-11-20(25)4/h10-13,16-17,24H,6-9,14-15,18H2,1-5H3,(H,30,34). The fraction of sp³-hybridized carbons (Fsp3) is 0.481. The molecule has 0 aromatic heterocycles. The Morgan fingerprint density at radius 2 is 1.76 bits per heavy atom. The highest BCUT2D eigenvalue weighted by Crippen LogP contribution is 2.26. The first kappa shape index (κ1) is 30.9. The molecule has 0 spiro atoms. The van der Waals surface area contributed by atoms with E-state index in [1.807, 2.05) is 45.9 Å². The minimum Gasteiger partial charge on any atom is -0.354 e. The first-order valence-corrected chi connectivity index (χ1v) is 15.1. The number of nitrogens with zero attached hydrogens (tertiary/aromatic N) is 2. The van der Waals surface area contributed by atoms with Crippen molar-refractivity contribution >= 4 is 50.7 Å². The zero-order valence-corrected chi connectivity index (χ0v) is 24.5. The van der Waals surface area contributed by atoms with Crippen molar-refractivity contribution in [1.82, 2.24) is 10.2 Å². The minimum absolute atomic E-state index is 0.0691. The highest BCUT2D eigenvalue weighted by molar-refractivity contribution is 7.92. The molecule has 0 heterocycles. The Balaban J connectivity index is 2.27. The van der Waals surface area contributed by atoms with Gasteiger partial charge in [0.25, 0.3) is 0 Å². The van der Waals surface area contributed by atoms with Crippen LogP contribution in [0.4, 0.5) is 5.69 Å². The molecule has 1 N–H and O–H groups in total. The molecule has 0 aliphatic rings. The first-order chi connectivity index (χ1) is 17.4. The summed E-state index contributed by atoms with van der Waals surface area (Å²) in [6.07, 6.45) is 2.72. The molecule has 2 amide bonds. The number of carbonyl (C=O) groups excluding carboxylic acids is 2. The van der Waals surface area contributed by atoms with Gasteiger partial charge in [-0.15, -0.1) is 0 Å². The van der Waals surface area contributed by atoms with Crippen LogP contribution in [0, 0.1) is 13.8 Å². The molecule has 204 valence electrons. The van der Waals surface area contributed by atoms with Gasteiger partial charge in [-0.25, -0.2) is 8.42 Å². The van der Waals surface area contributed by atoms with Gasteiger partial charge in [-0.05, 0) is 68.0 Å². The van der Waals surface area contributed by atoms with E-state index in [1.54, 1.807) is 18.2 Å². The number of halogens is 2. The fourth-order valence-corrected chi connectivity index (χ4v) is 5.57. The van der Waals surface area contributed by atoms with Crippen LogP contribution in [0.15, 0.2) is 36.4 Å². The Labute approximate surface area is 231 Å². The average Bonchev–Trinajstić information content (AvgIpc) is 2.82. The third-order valence-corrected chi connectivity index (χ3v) is 7.84. The van der Waals surface area contributed by atoms with Crippen LogP contribution >= 0.6 is 23.2 Å². The fourth-order valence-electron chi connectivity index (χ4n) is 4.09. The second kappa shape index (κ2) is 14.0. The number of aryl methyl sites for hydroxylation is 2. The third-order valence-electron chi connectivity index (χ3n) is 6.08. The number of benzene rings is 2. The summed E-state index contributed by atoms with van der Waals surface area (Å²) in [5, 5.41) is 3.77. The van der Waals surface area contributed by atoms with Gasteiger partial charge in [-0.3, -0.25) is 13.9 Å². The largest absolute Gasteiger partial charge is 0.354 e. The van der Waals surface area contributed by atoms with Gasteiger partial charge in [0.15, 0.2) is 0 Å². The van der Waals surface area contributed by atoms with E-state index in [9.17, 15) is 18.0 Å². The molecule has 2 aromatic carbocycles. The lowest BCUT2D eigenvalue weighted by Gasteiger charge is -2.31.